The molecule has 0 aliphatic heterocycles. The van der Waals surface area contributed by atoms with Crippen LogP contribution in [-0.2, 0) is 25.5 Å². The van der Waals surface area contributed by atoms with Gasteiger partial charge in [0.2, 0.25) is 5.91 Å². The van der Waals surface area contributed by atoms with Gasteiger partial charge in [-0.15, -0.1) is 0 Å². The summed E-state index contributed by atoms with van der Waals surface area (Å²) in [5, 5.41) is 5.11. The van der Waals surface area contributed by atoms with E-state index in [0.29, 0.717) is 25.3 Å². The molecule has 47 heavy (non-hydrogen) atoms. The minimum Gasteiger partial charge on any atom is -0.449 e. The third-order valence-corrected chi connectivity index (χ3v) is 8.56. The largest absolute Gasteiger partial charge is 0.449 e. The highest BCUT2D eigenvalue weighted by atomic mass is 16.7. The van der Waals surface area contributed by atoms with E-state index in [1.54, 1.807) is 4.90 Å². The van der Waals surface area contributed by atoms with Crippen LogP contribution >= 0.6 is 0 Å². The standard InChI is InChI=1S/C40H40N2O5/c1-3-45-37(46-4-2)26-42(25-28-22-23-29-14-8-9-17-31(29)24-28)39(43)38(30-15-6-5-7-16-30)41-40(44)47-27-36-34-20-12-10-18-32(34)33-19-11-13-21-35(33)36/h5-24,36-38H,3-4,25-27H2,1-2H3,(H,41,44). The predicted molar refractivity (Wildman–Crippen MR) is 184 cm³/mol. The number of fused-ring (bicyclic) bond motifs is 4. The van der Waals surface area contributed by atoms with Gasteiger partial charge in [0.05, 0.1) is 6.54 Å². The monoisotopic (exact) mass is 628 g/mol. The summed E-state index contributed by atoms with van der Waals surface area (Å²) in [5.41, 5.74) is 6.15. The Morgan fingerprint density at radius 1 is 0.723 bits per heavy atom. The molecule has 1 unspecified atom stereocenters. The van der Waals surface area contributed by atoms with Crippen LogP contribution in [0.4, 0.5) is 4.79 Å². The second-order valence-corrected chi connectivity index (χ2v) is 11.6. The van der Waals surface area contributed by atoms with Crippen LogP contribution in [0.1, 0.15) is 48.1 Å². The number of alkyl carbamates (subject to hydrolysis) is 1. The molecule has 1 aliphatic carbocycles. The van der Waals surface area contributed by atoms with E-state index in [1.807, 2.05) is 86.6 Å². The number of hydrogen-bond acceptors (Lipinski definition) is 5. The Morgan fingerprint density at radius 2 is 1.32 bits per heavy atom. The molecular weight excluding hydrogens is 588 g/mol. The predicted octanol–water partition coefficient (Wildman–Crippen LogP) is 7.85. The molecule has 0 radical (unpaired) electrons. The summed E-state index contributed by atoms with van der Waals surface area (Å²) in [6, 6.07) is 39.0. The number of nitrogens with one attached hydrogen (secondary N) is 1. The number of ether oxygens (including phenoxy) is 3. The number of nitrogens with zero attached hydrogens (tertiary/aromatic N) is 1. The SMILES string of the molecule is CCOC(CN(Cc1ccc2ccccc2c1)C(=O)C(NC(=O)OCC1c2ccccc2-c2ccccc21)c1ccccc1)OCC. The highest BCUT2D eigenvalue weighted by Gasteiger charge is 2.32. The second kappa shape index (κ2) is 15.1. The maximum Gasteiger partial charge on any atom is 0.408 e. The quantitative estimate of drug-likeness (QED) is 0.134. The van der Waals surface area contributed by atoms with Gasteiger partial charge in [-0.2, -0.15) is 0 Å². The van der Waals surface area contributed by atoms with E-state index in [-0.39, 0.29) is 25.0 Å². The van der Waals surface area contributed by atoms with Gasteiger partial charge in [0.15, 0.2) is 6.29 Å². The maximum absolute atomic E-state index is 14.5. The van der Waals surface area contributed by atoms with Crippen molar-refractivity contribution in [2.75, 3.05) is 26.4 Å². The molecule has 6 rings (SSSR count). The van der Waals surface area contributed by atoms with Crippen molar-refractivity contribution >= 4 is 22.8 Å². The number of benzene rings is 5. The highest BCUT2D eigenvalue weighted by molar-refractivity contribution is 5.88. The average molecular weight is 629 g/mol. The van der Waals surface area contributed by atoms with Crippen molar-refractivity contribution in [3.8, 4) is 11.1 Å². The molecule has 0 saturated carbocycles. The molecule has 2 amide bonds. The Balaban J connectivity index is 1.25. The lowest BCUT2D eigenvalue weighted by molar-refractivity contribution is -0.161. The smallest absolute Gasteiger partial charge is 0.408 e. The summed E-state index contributed by atoms with van der Waals surface area (Å²) in [6.45, 7) is 5.29. The van der Waals surface area contributed by atoms with Gasteiger partial charge >= 0.3 is 6.09 Å². The lowest BCUT2D eigenvalue weighted by Gasteiger charge is -2.31. The summed E-state index contributed by atoms with van der Waals surface area (Å²) >= 11 is 0. The van der Waals surface area contributed by atoms with E-state index in [4.69, 9.17) is 14.2 Å². The van der Waals surface area contributed by atoms with E-state index in [2.05, 4.69) is 53.8 Å². The van der Waals surface area contributed by atoms with Crippen molar-refractivity contribution < 1.29 is 23.8 Å². The zero-order valence-electron chi connectivity index (χ0n) is 26.8. The molecule has 0 spiro atoms. The van der Waals surface area contributed by atoms with E-state index in [1.165, 1.54) is 0 Å². The Hall–Kier alpha value is -4.98. The molecule has 1 atom stereocenters. The Kier molecular flexibility index (Phi) is 10.3. The van der Waals surface area contributed by atoms with E-state index in [0.717, 1.165) is 38.6 Å². The first kappa shape index (κ1) is 32.0. The van der Waals surface area contributed by atoms with Crippen molar-refractivity contribution in [3.05, 3.63) is 144 Å². The summed E-state index contributed by atoms with van der Waals surface area (Å²) in [5.74, 6) is -0.385. The normalized spacial score (nSPS) is 12.8. The van der Waals surface area contributed by atoms with Crippen LogP contribution in [-0.4, -0.2) is 49.6 Å². The van der Waals surface area contributed by atoms with E-state index >= 15 is 0 Å². The number of amides is 2. The molecular formula is C40H40N2O5. The molecule has 5 aromatic rings. The van der Waals surface area contributed by atoms with Crippen LogP contribution in [0.5, 0.6) is 0 Å². The van der Waals surface area contributed by atoms with Crippen LogP contribution in [0, 0.1) is 0 Å². The second-order valence-electron chi connectivity index (χ2n) is 11.6. The molecule has 7 heteroatoms. The zero-order chi connectivity index (χ0) is 32.6. The van der Waals surface area contributed by atoms with Gasteiger partial charge in [-0.1, -0.05) is 115 Å². The molecule has 1 aliphatic rings. The fourth-order valence-corrected chi connectivity index (χ4v) is 6.37. The van der Waals surface area contributed by atoms with Crippen LogP contribution in [0.3, 0.4) is 0 Å². The van der Waals surface area contributed by atoms with Gasteiger partial charge in [0.1, 0.15) is 12.6 Å². The lowest BCUT2D eigenvalue weighted by atomic mass is 9.98. The highest BCUT2D eigenvalue weighted by Crippen LogP contribution is 2.44. The van der Waals surface area contributed by atoms with Gasteiger partial charge in [-0.25, -0.2) is 4.79 Å². The lowest BCUT2D eigenvalue weighted by Crippen LogP contribution is -2.46. The third kappa shape index (κ3) is 7.38. The fraction of sp³-hybridized carbons (Fsp3) is 0.250. The number of hydrogen-bond donors (Lipinski definition) is 1. The van der Waals surface area contributed by atoms with Crippen molar-refractivity contribution in [2.45, 2.75) is 38.6 Å². The van der Waals surface area contributed by atoms with E-state index in [9.17, 15) is 9.59 Å². The van der Waals surface area contributed by atoms with Gasteiger partial charge in [-0.05, 0) is 64.1 Å². The Bertz CT molecular complexity index is 1770. The topological polar surface area (TPSA) is 77.1 Å². The zero-order valence-corrected chi connectivity index (χ0v) is 26.8. The van der Waals surface area contributed by atoms with Crippen LogP contribution in [0.2, 0.25) is 0 Å². The molecule has 0 bridgehead atoms. The first-order valence-corrected chi connectivity index (χ1v) is 16.2. The Morgan fingerprint density at radius 3 is 1.98 bits per heavy atom. The average Bonchev–Trinajstić information content (AvgIpc) is 3.43. The van der Waals surface area contributed by atoms with Crippen LogP contribution < -0.4 is 5.32 Å². The molecule has 0 saturated heterocycles. The molecule has 0 heterocycles. The summed E-state index contributed by atoms with van der Waals surface area (Å²) in [7, 11) is 0. The van der Waals surface area contributed by atoms with Crippen LogP contribution in [0.15, 0.2) is 121 Å². The minimum atomic E-state index is -0.990. The van der Waals surface area contributed by atoms with Gasteiger partial charge in [0, 0.05) is 25.7 Å². The van der Waals surface area contributed by atoms with Crippen LogP contribution in [0.25, 0.3) is 21.9 Å². The fourth-order valence-electron chi connectivity index (χ4n) is 6.37. The molecule has 0 aromatic heterocycles. The molecule has 7 nitrogen and oxygen atoms in total. The Labute approximate surface area is 276 Å². The number of rotatable bonds is 13. The van der Waals surface area contributed by atoms with Crippen molar-refractivity contribution in [3.63, 3.8) is 0 Å². The van der Waals surface area contributed by atoms with Crippen molar-refractivity contribution in [1.29, 1.82) is 0 Å². The minimum absolute atomic E-state index is 0.0958. The maximum atomic E-state index is 14.5. The van der Waals surface area contributed by atoms with Gasteiger partial charge in [0.25, 0.3) is 0 Å². The van der Waals surface area contributed by atoms with Gasteiger partial charge < -0.3 is 24.4 Å². The summed E-state index contributed by atoms with van der Waals surface area (Å²) in [6.07, 6.45) is -1.29. The summed E-state index contributed by atoms with van der Waals surface area (Å²) < 4.78 is 17.6. The van der Waals surface area contributed by atoms with Crippen molar-refractivity contribution in [2.24, 2.45) is 0 Å². The van der Waals surface area contributed by atoms with Gasteiger partial charge in [-0.3, -0.25) is 4.79 Å². The molecule has 5 aromatic carbocycles. The molecule has 240 valence electrons. The number of carbonyl (C=O) groups is 2. The van der Waals surface area contributed by atoms with Crippen molar-refractivity contribution in [1.82, 2.24) is 10.2 Å². The molecule has 0 fully saturated rings. The van der Waals surface area contributed by atoms with E-state index < -0.39 is 18.4 Å². The first-order chi connectivity index (χ1) is 23.1. The number of carbonyl (C=O) groups excluding carboxylic acids is 2. The summed E-state index contributed by atoms with van der Waals surface area (Å²) in [4.78, 5) is 29.7. The molecule has 1 N–H and O–H groups in total. The third-order valence-electron chi connectivity index (χ3n) is 8.56. The first-order valence-electron chi connectivity index (χ1n) is 16.2.